The quantitative estimate of drug-likeness (QED) is 0.306. The summed E-state index contributed by atoms with van der Waals surface area (Å²) in [5.74, 6) is 0.114. The van der Waals surface area contributed by atoms with Gasteiger partial charge in [-0.1, -0.05) is 45.7 Å². The molecule has 3 aromatic rings. The minimum absolute atomic E-state index is 0.117. The zero-order valence-corrected chi connectivity index (χ0v) is 23.4. The van der Waals surface area contributed by atoms with Crippen molar-refractivity contribution in [3.8, 4) is 0 Å². The number of carbonyl (C=O) groups is 1. The molecular formula is C31H40FN3OS. The number of thiophene rings is 1. The molecule has 1 amide bonds. The first-order valence-electron chi connectivity index (χ1n) is 13.9. The zero-order valence-electron chi connectivity index (χ0n) is 22.6. The number of hydrogen-bond acceptors (Lipinski definition) is 4. The Labute approximate surface area is 225 Å². The average molecular weight is 522 g/mol. The van der Waals surface area contributed by atoms with E-state index in [1.807, 2.05) is 5.38 Å². The Hall–Kier alpha value is -2.44. The third-order valence-corrected chi connectivity index (χ3v) is 8.95. The van der Waals surface area contributed by atoms with Crippen molar-refractivity contribution in [2.45, 2.75) is 59.3 Å². The van der Waals surface area contributed by atoms with Crippen LogP contribution in [0.2, 0.25) is 0 Å². The van der Waals surface area contributed by atoms with Crippen LogP contribution in [0.1, 0.15) is 57.6 Å². The number of hydrogen-bond donors (Lipinski definition) is 0. The van der Waals surface area contributed by atoms with Gasteiger partial charge in [-0.3, -0.25) is 9.69 Å². The minimum atomic E-state index is -0.152. The molecule has 0 atom stereocenters. The van der Waals surface area contributed by atoms with Crippen LogP contribution < -0.4 is 9.80 Å². The van der Waals surface area contributed by atoms with Crippen LogP contribution in [-0.4, -0.2) is 50.1 Å². The van der Waals surface area contributed by atoms with Gasteiger partial charge in [0.1, 0.15) is 5.82 Å². The first-order valence-corrected chi connectivity index (χ1v) is 14.8. The van der Waals surface area contributed by atoms with Crippen LogP contribution in [0, 0.1) is 11.2 Å². The summed E-state index contributed by atoms with van der Waals surface area (Å²) in [6.45, 7) is 12.4. The molecule has 1 aromatic heterocycles. The highest BCUT2D eigenvalue weighted by Gasteiger charge is 2.30. The van der Waals surface area contributed by atoms with Gasteiger partial charge in [-0.25, -0.2) is 4.39 Å². The molecule has 2 aromatic carbocycles. The van der Waals surface area contributed by atoms with Gasteiger partial charge >= 0.3 is 0 Å². The molecule has 0 radical (unpaired) electrons. The van der Waals surface area contributed by atoms with E-state index in [-0.39, 0.29) is 17.1 Å². The van der Waals surface area contributed by atoms with E-state index in [1.54, 1.807) is 23.5 Å². The number of anilines is 2. The lowest BCUT2D eigenvalue weighted by molar-refractivity contribution is -0.119. The Bertz CT molecular complexity index is 1240. The number of unbranched alkanes of at least 4 members (excludes halogenated alkanes) is 1. The summed E-state index contributed by atoms with van der Waals surface area (Å²) in [5.41, 5.74) is 4.88. The maximum Gasteiger partial charge on any atom is 0.227 e. The van der Waals surface area contributed by atoms with Gasteiger partial charge in [-0.15, -0.1) is 11.3 Å². The number of fused-ring (bicyclic) bond motifs is 2. The number of rotatable bonds is 9. The van der Waals surface area contributed by atoms with Crippen molar-refractivity contribution in [3.63, 3.8) is 0 Å². The minimum Gasteiger partial charge on any atom is -0.368 e. The van der Waals surface area contributed by atoms with Gasteiger partial charge in [-0.2, -0.15) is 0 Å². The van der Waals surface area contributed by atoms with E-state index in [1.165, 1.54) is 24.0 Å². The van der Waals surface area contributed by atoms with Crippen molar-refractivity contribution in [2.75, 3.05) is 49.1 Å². The van der Waals surface area contributed by atoms with Gasteiger partial charge in [0, 0.05) is 67.2 Å². The van der Waals surface area contributed by atoms with Crippen LogP contribution in [0.3, 0.4) is 0 Å². The molecule has 1 saturated heterocycles. The Morgan fingerprint density at radius 1 is 1.00 bits per heavy atom. The molecule has 0 spiro atoms. The second-order valence-electron chi connectivity index (χ2n) is 11.5. The summed E-state index contributed by atoms with van der Waals surface area (Å²) in [4.78, 5) is 19.9. The fourth-order valence-electron chi connectivity index (χ4n) is 5.86. The predicted octanol–water partition coefficient (Wildman–Crippen LogP) is 6.90. The zero-order chi connectivity index (χ0) is 26.0. The number of carbonyl (C=O) groups excluding carboxylic acids is 1. The van der Waals surface area contributed by atoms with Crippen LogP contribution in [0.4, 0.5) is 15.8 Å². The van der Waals surface area contributed by atoms with E-state index in [9.17, 15) is 9.18 Å². The van der Waals surface area contributed by atoms with Crippen molar-refractivity contribution in [3.05, 3.63) is 58.7 Å². The Morgan fingerprint density at radius 2 is 1.81 bits per heavy atom. The van der Waals surface area contributed by atoms with Crippen molar-refractivity contribution >= 4 is 38.7 Å². The molecule has 198 valence electrons. The molecule has 2 aliphatic rings. The average Bonchev–Trinajstić information content (AvgIpc) is 3.36. The lowest BCUT2D eigenvalue weighted by Gasteiger charge is -2.37. The van der Waals surface area contributed by atoms with Crippen LogP contribution >= 0.6 is 11.3 Å². The second-order valence-corrected chi connectivity index (χ2v) is 12.5. The van der Waals surface area contributed by atoms with Crippen molar-refractivity contribution in [1.82, 2.24) is 4.90 Å². The third-order valence-electron chi connectivity index (χ3n) is 8.09. The molecule has 0 unspecified atom stereocenters. The largest absolute Gasteiger partial charge is 0.368 e. The molecule has 6 heteroatoms. The Kier molecular flexibility index (Phi) is 7.87. The van der Waals surface area contributed by atoms with Crippen LogP contribution in [0.5, 0.6) is 0 Å². The van der Waals surface area contributed by atoms with Crippen LogP contribution in [0.25, 0.3) is 10.1 Å². The summed E-state index contributed by atoms with van der Waals surface area (Å²) in [6.07, 6.45) is 5.97. The smallest absolute Gasteiger partial charge is 0.227 e. The predicted molar refractivity (Wildman–Crippen MR) is 155 cm³/mol. The maximum atomic E-state index is 14.2. The lowest BCUT2D eigenvalue weighted by Crippen LogP contribution is -2.47. The van der Waals surface area contributed by atoms with Gasteiger partial charge < -0.3 is 9.80 Å². The van der Waals surface area contributed by atoms with E-state index in [0.717, 1.165) is 80.0 Å². The van der Waals surface area contributed by atoms with Crippen molar-refractivity contribution < 1.29 is 9.18 Å². The number of benzene rings is 2. The molecule has 0 bridgehead atoms. The summed E-state index contributed by atoms with van der Waals surface area (Å²) in [6, 6.07) is 12.2. The summed E-state index contributed by atoms with van der Waals surface area (Å²) in [5, 5.41) is 3.20. The van der Waals surface area contributed by atoms with E-state index >= 15 is 0 Å². The Balaban J connectivity index is 1.21. The normalized spacial score (nSPS) is 17.0. The molecule has 4 nitrogen and oxygen atoms in total. The standard InChI is InChI=1S/C31H40FN3OS/c1-4-5-12-31(2,3)22-35-27-19-23(6-7-24(27)8-9-30(35)36)10-13-33-14-16-34(17-15-33)28-20-25(32)21-29-26(28)11-18-37-29/h6-7,11,18-21H,4-5,8-10,12-17,22H2,1-3H3. The molecule has 3 heterocycles. The number of nitrogens with zero attached hydrogens (tertiary/aromatic N) is 3. The summed E-state index contributed by atoms with van der Waals surface area (Å²) < 4.78 is 15.2. The van der Waals surface area contributed by atoms with Gasteiger partial charge in [0.05, 0.1) is 0 Å². The number of piperazine rings is 1. The van der Waals surface area contributed by atoms with E-state index < -0.39 is 0 Å². The van der Waals surface area contributed by atoms with Crippen LogP contribution in [0.15, 0.2) is 41.8 Å². The third kappa shape index (κ3) is 6.01. The lowest BCUT2D eigenvalue weighted by atomic mass is 9.85. The number of aryl methyl sites for hydroxylation is 1. The molecule has 2 aliphatic heterocycles. The molecule has 0 aliphatic carbocycles. The topological polar surface area (TPSA) is 26.8 Å². The fraction of sp³-hybridized carbons (Fsp3) is 0.516. The van der Waals surface area contributed by atoms with Crippen LogP contribution in [-0.2, 0) is 17.6 Å². The molecule has 5 rings (SSSR count). The first-order chi connectivity index (χ1) is 17.8. The molecule has 0 N–H and O–H groups in total. The fourth-order valence-corrected chi connectivity index (χ4v) is 6.69. The SMILES string of the molecule is CCCCC(C)(C)CN1C(=O)CCc2ccc(CCN3CCN(c4cc(F)cc5sccc45)CC3)cc21. The van der Waals surface area contributed by atoms with Gasteiger partial charge in [-0.05, 0) is 65.4 Å². The monoisotopic (exact) mass is 521 g/mol. The molecule has 0 saturated carbocycles. The number of amides is 1. The maximum absolute atomic E-state index is 14.2. The second kappa shape index (κ2) is 11.1. The van der Waals surface area contributed by atoms with Crippen molar-refractivity contribution in [1.29, 1.82) is 0 Å². The van der Waals surface area contributed by atoms with E-state index in [4.69, 9.17) is 0 Å². The van der Waals surface area contributed by atoms with E-state index in [2.05, 4.69) is 59.7 Å². The highest BCUT2D eigenvalue weighted by atomic mass is 32.1. The van der Waals surface area contributed by atoms with Gasteiger partial charge in [0.15, 0.2) is 0 Å². The number of halogens is 1. The Morgan fingerprint density at radius 3 is 2.59 bits per heavy atom. The first kappa shape index (κ1) is 26.2. The molecule has 1 fully saturated rings. The van der Waals surface area contributed by atoms with Gasteiger partial charge in [0.2, 0.25) is 5.91 Å². The highest BCUT2D eigenvalue weighted by Crippen LogP contribution is 2.35. The summed E-state index contributed by atoms with van der Waals surface area (Å²) >= 11 is 1.60. The van der Waals surface area contributed by atoms with Crippen molar-refractivity contribution in [2.24, 2.45) is 5.41 Å². The highest BCUT2D eigenvalue weighted by molar-refractivity contribution is 7.17. The van der Waals surface area contributed by atoms with Gasteiger partial charge in [0.25, 0.3) is 0 Å². The van der Waals surface area contributed by atoms with E-state index in [0.29, 0.717) is 6.42 Å². The molecule has 37 heavy (non-hydrogen) atoms. The summed E-state index contributed by atoms with van der Waals surface area (Å²) in [7, 11) is 0. The molecular weight excluding hydrogens is 481 g/mol.